The molecule has 3 heterocycles. The molecule has 1 saturated heterocycles. The van der Waals surface area contributed by atoms with Crippen molar-refractivity contribution in [2.75, 3.05) is 0 Å². The van der Waals surface area contributed by atoms with Crippen LogP contribution in [0, 0.1) is 0 Å². The zero-order valence-electron chi connectivity index (χ0n) is 24.2. The van der Waals surface area contributed by atoms with E-state index in [0.29, 0.717) is 46.9 Å². The maximum Gasteiger partial charge on any atom is 0.346 e. The first-order chi connectivity index (χ1) is 17.8. The molecule has 3 aliphatic heterocycles. The van der Waals surface area contributed by atoms with Crippen LogP contribution in [0.2, 0.25) is 16.6 Å². The van der Waals surface area contributed by atoms with Crippen LogP contribution in [0.5, 0.6) is 0 Å². The zero-order chi connectivity index (χ0) is 26.2. The number of guanidine groups is 1. The highest BCUT2D eigenvalue weighted by atomic mass is 35.5. The Bertz CT molecular complexity index is 1050. The van der Waals surface area contributed by atoms with Gasteiger partial charge in [-0.3, -0.25) is 15.2 Å². The van der Waals surface area contributed by atoms with Crippen molar-refractivity contribution in [2.24, 2.45) is 0 Å². The summed E-state index contributed by atoms with van der Waals surface area (Å²) >= 11 is 0. The second-order valence-electron chi connectivity index (χ2n) is 12.7. The molecule has 0 bridgehead atoms. The van der Waals surface area contributed by atoms with Crippen molar-refractivity contribution in [3.8, 4) is 0 Å². The van der Waals surface area contributed by atoms with E-state index in [1.165, 1.54) is 23.5 Å². The van der Waals surface area contributed by atoms with Crippen LogP contribution < -0.4 is 23.0 Å². The summed E-state index contributed by atoms with van der Waals surface area (Å²) in [5.41, 5.74) is 4.66. The molecule has 1 fully saturated rings. The van der Waals surface area contributed by atoms with Crippen molar-refractivity contribution < 1.29 is 21.4 Å². The van der Waals surface area contributed by atoms with Gasteiger partial charge in [0.05, 0.1) is 24.2 Å². The summed E-state index contributed by atoms with van der Waals surface area (Å²) in [5, 5.41) is 7.92. The van der Waals surface area contributed by atoms with Crippen LogP contribution >= 0.6 is 0 Å². The molecular weight excluding hydrogens is 506 g/mol. The fourth-order valence-electron chi connectivity index (χ4n) is 7.99. The summed E-state index contributed by atoms with van der Waals surface area (Å²) in [7, 11) is -1.96. The summed E-state index contributed by atoms with van der Waals surface area (Å²) in [6.07, 6.45) is 5.91. The number of hydrogen-bond acceptors (Lipinski definition) is 3. The van der Waals surface area contributed by atoms with Gasteiger partial charge < -0.3 is 16.8 Å². The molecule has 3 aliphatic rings. The molecule has 6 heteroatoms. The summed E-state index contributed by atoms with van der Waals surface area (Å²) in [6.45, 7) is 14.5. The van der Waals surface area contributed by atoms with Gasteiger partial charge in [-0.1, -0.05) is 102 Å². The van der Waals surface area contributed by atoms with Gasteiger partial charge in [0.2, 0.25) is 8.32 Å². The van der Waals surface area contributed by atoms with Crippen molar-refractivity contribution >= 4 is 14.3 Å². The van der Waals surface area contributed by atoms with E-state index in [2.05, 4.69) is 117 Å². The number of nitrogens with one attached hydrogen (secondary N) is 2. The number of hydrogen-bond donors (Lipinski definition) is 2. The first-order valence-corrected chi connectivity index (χ1v) is 16.9. The highest BCUT2D eigenvalue weighted by molar-refractivity contribution is 6.77. The molecule has 38 heavy (non-hydrogen) atoms. The Balaban J connectivity index is 0.00000336. The lowest BCUT2D eigenvalue weighted by Crippen LogP contribution is -3.00. The number of benzene rings is 2. The summed E-state index contributed by atoms with van der Waals surface area (Å²) in [6, 6.07) is 23.8. The molecule has 0 radical (unpaired) electrons. The smallest absolute Gasteiger partial charge is 0.346 e. The molecule has 0 unspecified atom stereocenters. The normalized spacial score (nSPS) is 26.7. The lowest BCUT2D eigenvalue weighted by molar-refractivity contribution is -0.596. The van der Waals surface area contributed by atoms with Gasteiger partial charge in [0.1, 0.15) is 6.04 Å². The highest BCUT2D eigenvalue weighted by Gasteiger charge is 2.55. The molecule has 0 aliphatic carbocycles. The first kappa shape index (κ1) is 29.2. The molecule has 0 spiro atoms. The van der Waals surface area contributed by atoms with Crippen LogP contribution in [-0.2, 0) is 17.3 Å². The SMILES string of the molecule is CC(C)[Si](O[C@H]1C[C@H]2C[C@@H](Cc3ccccc3)NC3=[N+]2[C@@H]1C[C@@H](Cc1ccccc1)N3)(C(C)C)C(C)C.[Cl-]. The van der Waals surface area contributed by atoms with Gasteiger partial charge in [-0.2, -0.15) is 0 Å². The zero-order valence-corrected chi connectivity index (χ0v) is 25.9. The molecule has 2 N–H and O–H groups in total. The minimum Gasteiger partial charge on any atom is -1.00 e. The Labute approximate surface area is 238 Å². The molecule has 208 valence electrons. The third-order valence-electron chi connectivity index (χ3n) is 9.42. The molecule has 0 saturated carbocycles. The maximum absolute atomic E-state index is 7.54. The number of rotatable bonds is 9. The van der Waals surface area contributed by atoms with Crippen LogP contribution in [0.25, 0.3) is 0 Å². The summed E-state index contributed by atoms with van der Waals surface area (Å²) in [4.78, 5) is 0. The predicted molar refractivity (Wildman–Crippen MR) is 157 cm³/mol. The average molecular weight is 554 g/mol. The summed E-state index contributed by atoms with van der Waals surface area (Å²) < 4.78 is 10.2. The highest BCUT2D eigenvalue weighted by Crippen LogP contribution is 2.46. The van der Waals surface area contributed by atoms with Gasteiger partial charge in [-0.25, -0.2) is 0 Å². The lowest BCUT2D eigenvalue weighted by Gasteiger charge is -2.45. The fourth-order valence-corrected chi connectivity index (χ4v) is 13.6. The Morgan fingerprint density at radius 1 is 0.737 bits per heavy atom. The van der Waals surface area contributed by atoms with Gasteiger partial charge >= 0.3 is 5.96 Å². The van der Waals surface area contributed by atoms with Gasteiger partial charge in [-0.15, -0.1) is 0 Å². The van der Waals surface area contributed by atoms with Crippen LogP contribution in [0.1, 0.15) is 71.9 Å². The van der Waals surface area contributed by atoms with Crippen molar-refractivity contribution in [3.05, 3.63) is 71.8 Å². The van der Waals surface area contributed by atoms with Crippen LogP contribution in [0.3, 0.4) is 0 Å². The van der Waals surface area contributed by atoms with Crippen LogP contribution in [0.4, 0.5) is 0 Å². The third-order valence-corrected chi connectivity index (χ3v) is 15.5. The van der Waals surface area contributed by atoms with Crippen LogP contribution in [0.15, 0.2) is 60.7 Å². The van der Waals surface area contributed by atoms with E-state index < -0.39 is 8.32 Å². The van der Waals surface area contributed by atoms with Crippen molar-refractivity contribution in [1.29, 1.82) is 0 Å². The van der Waals surface area contributed by atoms with E-state index in [1.807, 2.05) is 0 Å². The molecule has 0 aromatic heterocycles. The van der Waals surface area contributed by atoms with E-state index in [9.17, 15) is 0 Å². The number of halogens is 1. The fraction of sp³-hybridized carbons (Fsp3) is 0.594. The minimum atomic E-state index is -1.96. The Hall–Kier alpha value is -1.82. The molecular formula is C32H48ClN3OSi. The van der Waals surface area contributed by atoms with E-state index in [0.717, 1.165) is 25.7 Å². The molecule has 2 aromatic carbocycles. The third kappa shape index (κ3) is 5.71. The quantitative estimate of drug-likeness (QED) is 0.370. The standard InChI is InChI=1S/C32H47N3OSi.ClH/c1-22(2)37(23(3)4,24(5)6)36-31-21-29-19-27(17-25-13-9-7-10-14-25)33-32-34-28(20-30(31)35(29)32)18-26-15-11-8-12-16-26;/h7-16,22-24,27-31H,17-21H2,1-6H3,(H,33,34);1H/t27-,28-,29-,30-,31+;/m1./s1. The first-order valence-electron chi connectivity index (χ1n) is 14.7. The average Bonchev–Trinajstić information content (AvgIpc) is 3.20. The van der Waals surface area contributed by atoms with E-state index in [4.69, 9.17) is 4.43 Å². The Morgan fingerprint density at radius 3 is 1.68 bits per heavy atom. The van der Waals surface area contributed by atoms with Crippen LogP contribution in [-0.4, -0.2) is 49.1 Å². The topological polar surface area (TPSA) is 36.3 Å². The Morgan fingerprint density at radius 2 is 1.21 bits per heavy atom. The van der Waals surface area contributed by atoms with Gasteiger partial charge in [-0.05, 0) is 27.8 Å². The van der Waals surface area contributed by atoms with Crippen molar-refractivity contribution in [1.82, 2.24) is 10.6 Å². The second-order valence-corrected chi connectivity index (χ2v) is 18.1. The molecule has 5 rings (SSSR count). The number of nitrogens with zero attached hydrogens (tertiary/aromatic N) is 1. The molecule has 2 aromatic rings. The van der Waals surface area contributed by atoms with E-state index in [-0.39, 0.29) is 12.4 Å². The van der Waals surface area contributed by atoms with E-state index in [1.54, 1.807) is 0 Å². The van der Waals surface area contributed by atoms with Crippen molar-refractivity contribution in [3.63, 3.8) is 0 Å². The predicted octanol–water partition coefficient (Wildman–Crippen LogP) is 3.27. The van der Waals surface area contributed by atoms with E-state index >= 15 is 0 Å². The van der Waals surface area contributed by atoms with Crippen molar-refractivity contribution in [2.45, 2.75) is 121 Å². The maximum atomic E-state index is 7.54. The minimum absolute atomic E-state index is 0. The molecule has 0 amide bonds. The summed E-state index contributed by atoms with van der Waals surface area (Å²) in [5.74, 6) is 1.26. The Kier molecular flexibility index (Phi) is 9.32. The monoisotopic (exact) mass is 553 g/mol. The van der Waals surface area contributed by atoms with Gasteiger partial charge in [0.15, 0.2) is 0 Å². The largest absolute Gasteiger partial charge is 1.00 e. The second kappa shape index (κ2) is 12.1. The van der Waals surface area contributed by atoms with Gasteiger partial charge in [0, 0.05) is 32.1 Å². The molecule has 4 nitrogen and oxygen atoms in total. The van der Waals surface area contributed by atoms with Gasteiger partial charge in [0.25, 0.3) is 0 Å². The lowest BCUT2D eigenvalue weighted by atomic mass is 9.95. The molecule has 5 atom stereocenters.